The molecule has 0 fully saturated rings. The van der Waals surface area contributed by atoms with Gasteiger partial charge in [-0.25, -0.2) is 4.79 Å². The number of carbonyl (C=O) groups is 2. The second kappa shape index (κ2) is 4.21. The molecule has 6 heteroatoms. The van der Waals surface area contributed by atoms with Gasteiger partial charge in [-0.1, -0.05) is 6.08 Å². The Morgan fingerprint density at radius 2 is 2.36 bits per heavy atom. The van der Waals surface area contributed by atoms with Crippen LogP contribution in [0.2, 0.25) is 0 Å². The molecule has 0 heterocycles. The van der Waals surface area contributed by atoms with Crippen molar-refractivity contribution in [2.75, 3.05) is 0 Å². The highest BCUT2D eigenvalue weighted by molar-refractivity contribution is 5.87. The van der Waals surface area contributed by atoms with Crippen LogP contribution in [0, 0.1) is 0 Å². The van der Waals surface area contributed by atoms with Crippen LogP contribution in [0.3, 0.4) is 0 Å². The van der Waals surface area contributed by atoms with E-state index in [1.54, 1.807) is 0 Å². The molecule has 0 aromatic heterocycles. The summed E-state index contributed by atoms with van der Waals surface area (Å²) in [5.74, 6) is -1.09. The largest absolute Gasteiger partial charge is 0.478 e. The van der Waals surface area contributed by atoms with Crippen LogP contribution in [0.25, 0.3) is 0 Å². The Hall–Kier alpha value is -1.40. The van der Waals surface area contributed by atoms with E-state index in [2.05, 4.69) is 5.32 Å². The first-order chi connectivity index (χ1) is 6.56. The minimum absolute atomic E-state index is 0.00542. The summed E-state index contributed by atoms with van der Waals surface area (Å²) >= 11 is 0. The molecule has 0 bridgehead atoms. The second-order valence-corrected chi connectivity index (χ2v) is 3.16. The van der Waals surface area contributed by atoms with Crippen LogP contribution >= 0.6 is 0 Å². The van der Waals surface area contributed by atoms with Gasteiger partial charge in [0.05, 0.1) is 12.1 Å². The summed E-state index contributed by atoms with van der Waals surface area (Å²) in [5, 5.41) is 20.5. The van der Waals surface area contributed by atoms with Gasteiger partial charge in [0.2, 0.25) is 6.41 Å². The van der Waals surface area contributed by atoms with E-state index in [4.69, 9.17) is 10.8 Å². The molecule has 0 unspecified atom stereocenters. The summed E-state index contributed by atoms with van der Waals surface area (Å²) in [7, 11) is 0. The fourth-order valence-electron chi connectivity index (χ4n) is 1.47. The average Bonchev–Trinajstić information content (AvgIpc) is 2.10. The second-order valence-electron chi connectivity index (χ2n) is 3.16. The molecule has 1 aliphatic carbocycles. The Bertz CT molecular complexity index is 277. The van der Waals surface area contributed by atoms with Crippen molar-refractivity contribution in [1.82, 2.24) is 5.32 Å². The maximum atomic E-state index is 10.6. The summed E-state index contributed by atoms with van der Waals surface area (Å²) in [6.45, 7) is 0. The summed E-state index contributed by atoms with van der Waals surface area (Å²) in [5.41, 5.74) is 5.64. The van der Waals surface area contributed by atoms with Crippen LogP contribution in [0.1, 0.15) is 6.42 Å². The number of carboxylic acids is 1. The van der Waals surface area contributed by atoms with Gasteiger partial charge < -0.3 is 21.3 Å². The molecule has 0 aromatic rings. The quantitative estimate of drug-likeness (QED) is 0.402. The minimum Gasteiger partial charge on any atom is -0.478 e. The lowest BCUT2D eigenvalue weighted by molar-refractivity contribution is -0.133. The number of hydrogen-bond donors (Lipinski definition) is 4. The Morgan fingerprint density at radius 3 is 2.79 bits per heavy atom. The molecule has 0 saturated heterocycles. The van der Waals surface area contributed by atoms with Crippen molar-refractivity contribution >= 4 is 12.4 Å². The zero-order valence-electron chi connectivity index (χ0n) is 7.38. The normalized spacial score (nSPS) is 31.9. The van der Waals surface area contributed by atoms with E-state index >= 15 is 0 Å². The van der Waals surface area contributed by atoms with Gasteiger partial charge in [0.1, 0.15) is 0 Å². The highest BCUT2D eigenvalue weighted by Gasteiger charge is 2.31. The van der Waals surface area contributed by atoms with Crippen LogP contribution in [0.5, 0.6) is 0 Å². The number of nitrogens with two attached hydrogens (primary N) is 1. The van der Waals surface area contributed by atoms with E-state index in [1.807, 2.05) is 0 Å². The molecular formula is C8H12N2O4. The number of hydrogen-bond acceptors (Lipinski definition) is 4. The Morgan fingerprint density at radius 1 is 1.71 bits per heavy atom. The number of carboxylic acid groups (broad SMARTS) is 1. The SMILES string of the molecule is N[C@H]1C=C(C(=O)O)C[C@H](O)[C@@H]1NC=O. The Balaban J connectivity index is 2.80. The lowest BCUT2D eigenvalue weighted by atomic mass is 9.89. The van der Waals surface area contributed by atoms with E-state index in [1.165, 1.54) is 6.08 Å². The number of aliphatic hydroxyl groups is 1. The molecule has 1 aliphatic rings. The molecule has 1 amide bonds. The zero-order chi connectivity index (χ0) is 10.7. The third kappa shape index (κ3) is 2.09. The number of rotatable bonds is 3. The molecule has 3 atom stereocenters. The lowest BCUT2D eigenvalue weighted by Crippen LogP contribution is -2.53. The van der Waals surface area contributed by atoms with E-state index in [9.17, 15) is 14.7 Å². The molecule has 5 N–H and O–H groups in total. The van der Waals surface area contributed by atoms with Crippen molar-refractivity contribution < 1.29 is 19.8 Å². The summed E-state index contributed by atoms with van der Waals surface area (Å²) in [6, 6.07) is -1.29. The van der Waals surface area contributed by atoms with Crippen molar-refractivity contribution in [2.45, 2.75) is 24.6 Å². The molecular weight excluding hydrogens is 188 g/mol. The number of amides is 1. The third-order valence-electron chi connectivity index (χ3n) is 2.19. The molecule has 1 rings (SSSR count). The third-order valence-corrected chi connectivity index (χ3v) is 2.19. The summed E-state index contributed by atoms with van der Waals surface area (Å²) in [4.78, 5) is 20.7. The van der Waals surface area contributed by atoms with Gasteiger partial charge in [0, 0.05) is 18.0 Å². The van der Waals surface area contributed by atoms with Crippen molar-refractivity contribution in [3.05, 3.63) is 11.6 Å². The van der Waals surface area contributed by atoms with Crippen molar-refractivity contribution in [1.29, 1.82) is 0 Å². The molecule has 6 nitrogen and oxygen atoms in total. The Kier molecular flexibility index (Phi) is 3.21. The van der Waals surface area contributed by atoms with E-state index < -0.39 is 24.2 Å². The highest BCUT2D eigenvalue weighted by Crippen LogP contribution is 2.18. The number of aliphatic carboxylic acids is 1. The fraction of sp³-hybridized carbons (Fsp3) is 0.500. The summed E-state index contributed by atoms with van der Waals surface area (Å²) < 4.78 is 0. The van der Waals surface area contributed by atoms with Crippen LogP contribution in [-0.2, 0) is 9.59 Å². The smallest absolute Gasteiger partial charge is 0.331 e. The van der Waals surface area contributed by atoms with Crippen molar-refractivity contribution in [3.63, 3.8) is 0 Å². The van der Waals surface area contributed by atoms with Crippen LogP contribution in [0.15, 0.2) is 11.6 Å². The van der Waals surface area contributed by atoms with Crippen molar-refractivity contribution in [3.8, 4) is 0 Å². The first kappa shape index (κ1) is 10.7. The predicted molar refractivity (Wildman–Crippen MR) is 47.3 cm³/mol. The van der Waals surface area contributed by atoms with Gasteiger partial charge in [-0.2, -0.15) is 0 Å². The van der Waals surface area contributed by atoms with Gasteiger partial charge in [-0.3, -0.25) is 4.79 Å². The maximum Gasteiger partial charge on any atom is 0.331 e. The Labute approximate surface area is 80.4 Å². The number of aliphatic hydroxyl groups excluding tert-OH is 1. The molecule has 0 spiro atoms. The number of carbonyl (C=O) groups excluding carboxylic acids is 1. The summed E-state index contributed by atoms with van der Waals surface area (Å²) in [6.07, 6.45) is 0.823. The van der Waals surface area contributed by atoms with Gasteiger partial charge in [0.15, 0.2) is 0 Å². The van der Waals surface area contributed by atoms with E-state index in [-0.39, 0.29) is 12.0 Å². The monoisotopic (exact) mass is 200 g/mol. The molecule has 14 heavy (non-hydrogen) atoms. The first-order valence-corrected chi connectivity index (χ1v) is 4.13. The first-order valence-electron chi connectivity index (χ1n) is 4.13. The van der Waals surface area contributed by atoms with Crippen LogP contribution in [0.4, 0.5) is 0 Å². The minimum atomic E-state index is -1.09. The molecule has 0 radical (unpaired) electrons. The fourth-order valence-corrected chi connectivity index (χ4v) is 1.47. The maximum absolute atomic E-state index is 10.6. The van der Waals surface area contributed by atoms with Gasteiger partial charge in [-0.15, -0.1) is 0 Å². The van der Waals surface area contributed by atoms with Gasteiger partial charge in [0.25, 0.3) is 0 Å². The molecule has 0 saturated carbocycles. The standard InChI is InChI=1S/C8H12N2O4/c9-5-1-4(8(13)14)2-6(12)7(5)10-3-11/h1,3,5-7,12H,2,9H2,(H,10,11)(H,13,14)/t5-,6-,7+/m0/s1. The van der Waals surface area contributed by atoms with Crippen molar-refractivity contribution in [2.24, 2.45) is 5.73 Å². The average molecular weight is 200 g/mol. The van der Waals surface area contributed by atoms with Crippen LogP contribution < -0.4 is 11.1 Å². The molecule has 78 valence electrons. The lowest BCUT2D eigenvalue weighted by Gasteiger charge is -2.30. The van der Waals surface area contributed by atoms with Gasteiger partial charge in [-0.05, 0) is 0 Å². The van der Waals surface area contributed by atoms with Gasteiger partial charge >= 0.3 is 5.97 Å². The molecule has 0 aliphatic heterocycles. The number of nitrogens with one attached hydrogen (secondary N) is 1. The highest BCUT2D eigenvalue weighted by atomic mass is 16.4. The van der Waals surface area contributed by atoms with E-state index in [0.717, 1.165) is 0 Å². The molecule has 0 aromatic carbocycles. The zero-order valence-corrected chi connectivity index (χ0v) is 7.38. The van der Waals surface area contributed by atoms with E-state index in [0.29, 0.717) is 6.41 Å². The topological polar surface area (TPSA) is 113 Å². The predicted octanol–water partition coefficient (Wildman–Crippen LogP) is -1.80. The van der Waals surface area contributed by atoms with Crippen LogP contribution in [-0.4, -0.2) is 40.8 Å².